The van der Waals surface area contributed by atoms with Crippen LogP contribution in [0.2, 0.25) is 0 Å². The molecule has 0 saturated carbocycles. The average molecular weight is 241 g/mol. The van der Waals surface area contributed by atoms with Crippen molar-refractivity contribution in [2.45, 2.75) is 59.5 Å². The Balaban J connectivity index is 2.45. The molecule has 3 nitrogen and oxygen atoms in total. The van der Waals surface area contributed by atoms with Gasteiger partial charge >= 0.3 is 0 Å². The summed E-state index contributed by atoms with van der Waals surface area (Å²) in [5.74, 6) is 0.705. The summed E-state index contributed by atoms with van der Waals surface area (Å²) in [5.41, 5.74) is 0.141. The molecular weight excluding hydrogens is 218 g/mol. The molecule has 1 rings (SSSR count). The topological polar surface area (TPSA) is 37.8 Å². The lowest BCUT2D eigenvalue weighted by atomic mass is 10.1. The van der Waals surface area contributed by atoms with Crippen LogP contribution < -0.4 is 5.32 Å². The quantitative estimate of drug-likeness (QED) is 0.861. The maximum absolute atomic E-state index is 4.23. The fourth-order valence-electron chi connectivity index (χ4n) is 1.23. The molecule has 0 saturated heterocycles. The molecule has 0 spiro atoms. The standard InChI is InChI=1S/C12H23N3S/c1-6-9(2)7-10-14-15-11(16-10)8-13-12(3,4)5/h9,13H,6-8H2,1-5H3. The lowest BCUT2D eigenvalue weighted by Crippen LogP contribution is -2.35. The molecular formula is C12H23N3S. The Morgan fingerprint density at radius 1 is 1.25 bits per heavy atom. The van der Waals surface area contributed by atoms with E-state index >= 15 is 0 Å². The Labute approximate surface area is 103 Å². The van der Waals surface area contributed by atoms with E-state index in [2.05, 4.69) is 50.1 Å². The zero-order valence-electron chi connectivity index (χ0n) is 11.0. The third kappa shape index (κ3) is 5.03. The van der Waals surface area contributed by atoms with Crippen LogP contribution in [0.3, 0.4) is 0 Å². The van der Waals surface area contributed by atoms with Gasteiger partial charge < -0.3 is 5.32 Å². The highest BCUT2D eigenvalue weighted by Gasteiger charge is 2.12. The molecule has 0 aliphatic heterocycles. The van der Waals surface area contributed by atoms with E-state index in [0.29, 0.717) is 5.92 Å². The van der Waals surface area contributed by atoms with Crippen molar-refractivity contribution < 1.29 is 0 Å². The zero-order valence-corrected chi connectivity index (χ0v) is 11.8. The van der Waals surface area contributed by atoms with Gasteiger partial charge in [0.05, 0.1) is 6.54 Å². The van der Waals surface area contributed by atoms with Gasteiger partial charge in [0.25, 0.3) is 0 Å². The Kier molecular flexibility index (Phi) is 4.87. The van der Waals surface area contributed by atoms with Crippen molar-refractivity contribution in [3.8, 4) is 0 Å². The zero-order chi connectivity index (χ0) is 12.2. The van der Waals surface area contributed by atoms with E-state index in [1.165, 1.54) is 11.4 Å². The monoisotopic (exact) mass is 241 g/mol. The smallest absolute Gasteiger partial charge is 0.131 e. The van der Waals surface area contributed by atoms with Gasteiger partial charge in [-0.25, -0.2) is 0 Å². The first-order valence-corrected chi connectivity index (χ1v) is 6.78. The molecule has 16 heavy (non-hydrogen) atoms. The maximum atomic E-state index is 4.23. The van der Waals surface area contributed by atoms with Crippen molar-refractivity contribution in [1.29, 1.82) is 0 Å². The van der Waals surface area contributed by atoms with Gasteiger partial charge in [-0.05, 0) is 26.7 Å². The molecule has 0 fully saturated rings. The lowest BCUT2D eigenvalue weighted by Gasteiger charge is -2.19. The summed E-state index contributed by atoms with van der Waals surface area (Å²) in [5, 5.41) is 14.1. The van der Waals surface area contributed by atoms with Crippen LogP contribution in [-0.4, -0.2) is 15.7 Å². The Bertz CT molecular complexity index is 314. The summed E-state index contributed by atoms with van der Waals surface area (Å²) in [6.45, 7) is 11.8. The van der Waals surface area contributed by atoms with Crippen molar-refractivity contribution in [1.82, 2.24) is 15.5 Å². The first kappa shape index (κ1) is 13.6. The van der Waals surface area contributed by atoms with E-state index in [4.69, 9.17) is 0 Å². The van der Waals surface area contributed by atoms with Crippen LogP contribution >= 0.6 is 11.3 Å². The Morgan fingerprint density at radius 3 is 2.44 bits per heavy atom. The van der Waals surface area contributed by atoms with Gasteiger partial charge in [-0.3, -0.25) is 0 Å². The molecule has 1 N–H and O–H groups in total. The van der Waals surface area contributed by atoms with Gasteiger partial charge in [-0.2, -0.15) is 0 Å². The van der Waals surface area contributed by atoms with E-state index in [9.17, 15) is 0 Å². The molecule has 0 bridgehead atoms. The number of nitrogens with one attached hydrogen (secondary N) is 1. The van der Waals surface area contributed by atoms with Crippen molar-refractivity contribution in [3.05, 3.63) is 10.0 Å². The molecule has 0 aliphatic carbocycles. The maximum Gasteiger partial charge on any atom is 0.131 e. The van der Waals surface area contributed by atoms with E-state index < -0.39 is 0 Å². The fraction of sp³-hybridized carbons (Fsp3) is 0.833. The SMILES string of the molecule is CCC(C)Cc1nnc(CNC(C)(C)C)s1. The predicted octanol–water partition coefficient (Wildman–Crippen LogP) is 3.01. The van der Waals surface area contributed by atoms with Crippen LogP contribution in [0.5, 0.6) is 0 Å². The van der Waals surface area contributed by atoms with Gasteiger partial charge in [0.2, 0.25) is 0 Å². The average Bonchev–Trinajstić information content (AvgIpc) is 2.61. The number of rotatable bonds is 5. The van der Waals surface area contributed by atoms with E-state index in [-0.39, 0.29) is 5.54 Å². The minimum Gasteiger partial charge on any atom is -0.306 e. The highest BCUT2D eigenvalue weighted by atomic mass is 32.1. The second-order valence-electron chi connectivity index (χ2n) is 5.41. The summed E-state index contributed by atoms with van der Waals surface area (Å²) < 4.78 is 0. The third-order valence-corrected chi connectivity index (χ3v) is 3.44. The molecule has 0 radical (unpaired) electrons. The van der Waals surface area contributed by atoms with Crippen molar-refractivity contribution >= 4 is 11.3 Å². The Hall–Kier alpha value is -0.480. The van der Waals surface area contributed by atoms with Crippen LogP contribution in [0.1, 0.15) is 51.1 Å². The van der Waals surface area contributed by atoms with Crippen LogP contribution in [0.4, 0.5) is 0 Å². The van der Waals surface area contributed by atoms with E-state index in [1.54, 1.807) is 11.3 Å². The predicted molar refractivity (Wildman–Crippen MR) is 69.7 cm³/mol. The molecule has 1 aromatic heterocycles. The number of hydrogen-bond acceptors (Lipinski definition) is 4. The third-order valence-electron chi connectivity index (χ3n) is 2.50. The van der Waals surface area contributed by atoms with E-state index in [0.717, 1.165) is 18.0 Å². The van der Waals surface area contributed by atoms with Crippen LogP contribution in [-0.2, 0) is 13.0 Å². The lowest BCUT2D eigenvalue weighted by molar-refractivity contribution is 0.423. The molecule has 0 amide bonds. The molecule has 92 valence electrons. The Morgan fingerprint density at radius 2 is 1.88 bits per heavy atom. The molecule has 4 heteroatoms. The second-order valence-corrected chi connectivity index (χ2v) is 6.56. The number of nitrogens with zero attached hydrogens (tertiary/aromatic N) is 2. The number of hydrogen-bond donors (Lipinski definition) is 1. The van der Waals surface area contributed by atoms with Crippen molar-refractivity contribution in [2.75, 3.05) is 0 Å². The van der Waals surface area contributed by atoms with E-state index in [1.807, 2.05) is 0 Å². The van der Waals surface area contributed by atoms with Crippen LogP contribution in [0, 0.1) is 5.92 Å². The molecule has 0 aliphatic rings. The first-order chi connectivity index (χ1) is 7.40. The molecule has 1 aromatic rings. The van der Waals surface area contributed by atoms with Crippen LogP contribution in [0.15, 0.2) is 0 Å². The van der Waals surface area contributed by atoms with Gasteiger partial charge in [0, 0.05) is 12.0 Å². The summed E-state index contributed by atoms with van der Waals surface area (Å²) in [4.78, 5) is 0. The largest absolute Gasteiger partial charge is 0.306 e. The van der Waals surface area contributed by atoms with Gasteiger partial charge in [0.15, 0.2) is 0 Å². The van der Waals surface area contributed by atoms with Gasteiger partial charge in [0.1, 0.15) is 10.0 Å². The summed E-state index contributed by atoms with van der Waals surface area (Å²) in [7, 11) is 0. The highest BCUT2D eigenvalue weighted by Crippen LogP contribution is 2.16. The highest BCUT2D eigenvalue weighted by molar-refractivity contribution is 7.11. The van der Waals surface area contributed by atoms with Gasteiger partial charge in [-0.15, -0.1) is 21.5 Å². The molecule has 1 unspecified atom stereocenters. The van der Waals surface area contributed by atoms with Gasteiger partial charge in [-0.1, -0.05) is 20.3 Å². The minimum absolute atomic E-state index is 0.141. The minimum atomic E-state index is 0.141. The van der Waals surface area contributed by atoms with Crippen LogP contribution in [0.25, 0.3) is 0 Å². The van der Waals surface area contributed by atoms with Crippen molar-refractivity contribution in [2.24, 2.45) is 5.92 Å². The molecule has 1 heterocycles. The number of aromatic nitrogens is 2. The molecule has 1 atom stereocenters. The summed E-state index contributed by atoms with van der Waals surface area (Å²) >= 11 is 1.73. The fourth-order valence-corrected chi connectivity index (χ4v) is 2.17. The second kappa shape index (κ2) is 5.73. The summed E-state index contributed by atoms with van der Waals surface area (Å²) in [6.07, 6.45) is 2.26. The normalized spacial score (nSPS) is 14.1. The van der Waals surface area contributed by atoms with Crippen molar-refractivity contribution in [3.63, 3.8) is 0 Å². The molecule has 0 aromatic carbocycles. The summed E-state index contributed by atoms with van der Waals surface area (Å²) in [6, 6.07) is 0. The first-order valence-electron chi connectivity index (χ1n) is 5.97.